The van der Waals surface area contributed by atoms with E-state index in [-0.39, 0.29) is 19.1 Å². The van der Waals surface area contributed by atoms with Gasteiger partial charge in [-0.15, -0.1) is 0 Å². The fourth-order valence-electron chi connectivity index (χ4n) is 4.11. The molecule has 0 aliphatic carbocycles. The largest absolute Gasteiger partial charge is 0.492 e. The van der Waals surface area contributed by atoms with Crippen molar-refractivity contribution in [3.63, 3.8) is 0 Å². The number of hydrogen-bond donors (Lipinski definition) is 1. The number of ether oxygens (including phenoxy) is 2. The van der Waals surface area contributed by atoms with Crippen molar-refractivity contribution in [3.05, 3.63) is 72.6 Å². The molecule has 1 amide bonds. The maximum atomic E-state index is 13.5. The van der Waals surface area contributed by atoms with Gasteiger partial charge in [-0.25, -0.2) is 14.1 Å². The van der Waals surface area contributed by atoms with Gasteiger partial charge in [0.2, 0.25) is 5.91 Å². The number of carbonyl (C=O) groups excluding carboxylic acids is 1. The van der Waals surface area contributed by atoms with Gasteiger partial charge in [-0.1, -0.05) is 18.2 Å². The first kappa shape index (κ1) is 24.6. The maximum Gasteiger partial charge on any atom is 0.219 e. The van der Waals surface area contributed by atoms with E-state index < -0.39 is 11.4 Å². The van der Waals surface area contributed by atoms with Gasteiger partial charge in [0.15, 0.2) is 0 Å². The molecule has 0 spiro atoms. The van der Waals surface area contributed by atoms with Crippen molar-refractivity contribution in [2.45, 2.75) is 25.6 Å². The quantitative estimate of drug-likeness (QED) is 0.497. The molecule has 35 heavy (non-hydrogen) atoms. The van der Waals surface area contributed by atoms with Gasteiger partial charge < -0.3 is 19.5 Å². The lowest BCUT2D eigenvalue weighted by Gasteiger charge is -2.32. The standard InChI is InChI=1S/C25H30FN5O4/c1-20(32)30-9-8-29(15-25(33,16-30)17-35-24-7-3-5-22(26)13-24)14-21-4-2-6-23(12-21)34-11-10-31-19-27-18-28-31/h2-7,12-13,18-19,33H,8-11,14-17H2,1H3. The molecule has 0 radical (unpaired) electrons. The zero-order valence-corrected chi connectivity index (χ0v) is 19.7. The van der Waals surface area contributed by atoms with Crippen LogP contribution in [0.3, 0.4) is 0 Å². The van der Waals surface area contributed by atoms with Crippen LogP contribution in [0.25, 0.3) is 0 Å². The molecule has 2 aromatic carbocycles. The lowest BCUT2D eigenvalue weighted by atomic mass is 10.0. The SMILES string of the molecule is CC(=O)N1CCN(Cc2cccc(OCCn3cncn3)c2)CC(O)(COc2cccc(F)c2)C1. The van der Waals surface area contributed by atoms with Crippen LogP contribution in [0.5, 0.6) is 11.5 Å². The van der Waals surface area contributed by atoms with E-state index in [2.05, 4.69) is 15.0 Å². The fourth-order valence-corrected chi connectivity index (χ4v) is 4.11. The molecular formula is C25H30FN5O4. The van der Waals surface area contributed by atoms with Crippen molar-refractivity contribution in [2.75, 3.05) is 39.4 Å². The number of amides is 1. The molecule has 4 rings (SSSR count). The molecule has 10 heteroatoms. The highest BCUT2D eigenvalue weighted by molar-refractivity contribution is 5.73. The van der Waals surface area contributed by atoms with Crippen LogP contribution in [0.4, 0.5) is 4.39 Å². The van der Waals surface area contributed by atoms with Gasteiger partial charge >= 0.3 is 0 Å². The van der Waals surface area contributed by atoms with Gasteiger partial charge in [-0.05, 0) is 29.8 Å². The van der Waals surface area contributed by atoms with Crippen LogP contribution in [0.1, 0.15) is 12.5 Å². The van der Waals surface area contributed by atoms with E-state index in [9.17, 15) is 14.3 Å². The Balaban J connectivity index is 1.40. The zero-order chi connectivity index (χ0) is 24.7. The summed E-state index contributed by atoms with van der Waals surface area (Å²) < 4.78 is 26.8. The molecule has 0 saturated carbocycles. The van der Waals surface area contributed by atoms with Crippen molar-refractivity contribution in [2.24, 2.45) is 0 Å². The summed E-state index contributed by atoms with van der Waals surface area (Å²) in [7, 11) is 0. The molecule has 1 atom stereocenters. The number of nitrogens with zero attached hydrogens (tertiary/aromatic N) is 5. The van der Waals surface area contributed by atoms with Gasteiger partial charge in [0.25, 0.3) is 0 Å². The summed E-state index contributed by atoms with van der Waals surface area (Å²) >= 11 is 0. The third-order valence-electron chi connectivity index (χ3n) is 5.80. The molecule has 1 aromatic heterocycles. The van der Waals surface area contributed by atoms with E-state index >= 15 is 0 Å². The number of β-amino-alcohol motifs (C(OH)–C–C–N with tert-alkyl or cyclic N) is 1. The molecule has 1 aliphatic rings. The van der Waals surface area contributed by atoms with E-state index in [1.807, 2.05) is 24.3 Å². The lowest BCUT2D eigenvalue weighted by Crippen LogP contribution is -2.51. The highest BCUT2D eigenvalue weighted by atomic mass is 19.1. The number of carbonyl (C=O) groups is 1. The van der Waals surface area contributed by atoms with E-state index in [4.69, 9.17) is 9.47 Å². The molecule has 1 saturated heterocycles. The minimum atomic E-state index is -1.32. The van der Waals surface area contributed by atoms with E-state index in [1.165, 1.54) is 25.4 Å². The molecule has 2 heterocycles. The molecular weight excluding hydrogens is 453 g/mol. The Morgan fingerprint density at radius 2 is 1.91 bits per heavy atom. The monoisotopic (exact) mass is 483 g/mol. The molecule has 186 valence electrons. The highest BCUT2D eigenvalue weighted by Gasteiger charge is 2.37. The minimum Gasteiger partial charge on any atom is -0.492 e. The Hall–Kier alpha value is -3.50. The first-order valence-corrected chi connectivity index (χ1v) is 11.5. The second-order valence-corrected chi connectivity index (χ2v) is 8.78. The van der Waals surface area contributed by atoms with Crippen molar-refractivity contribution < 1.29 is 23.8 Å². The molecule has 1 aliphatic heterocycles. The van der Waals surface area contributed by atoms with Crippen LogP contribution in [0.2, 0.25) is 0 Å². The number of aliphatic hydroxyl groups is 1. The third-order valence-corrected chi connectivity index (χ3v) is 5.80. The Kier molecular flexibility index (Phi) is 7.94. The summed E-state index contributed by atoms with van der Waals surface area (Å²) in [5, 5.41) is 15.5. The second-order valence-electron chi connectivity index (χ2n) is 8.78. The highest BCUT2D eigenvalue weighted by Crippen LogP contribution is 2.21. The summed E-state index contributed by atoms with van der Waals surface area (Å²) in [6, 6.07) is 13.6. The summed E-state index contributed by atoms with van der Waals surface area (Å²) in [4.78, 5) is 19.8. The van der Waals surface area contributed by atoms with Crippen molar-refractivity contribution in [1.29, 1.82) is 0 Å². The van der Waals surface area contributed by atoms with E-state index in [1.54, 1.807) is 28.0 Å². The number of benzene rings is 2. The lowest BCUT2D eigenvalue weighted by molar-refractivity contribution is -0.132. The molecule has 0 bridgehead atoms. The van der Waals surface area contributed by atoms with E-state index in [0.717, 1.165) is 11.3 Å². The van der Waals surface area contributed by atoms with Gasteiger partial charge in [-0.3, -0.25) is 9.69 Å². The Morgan fingerprint density at radius 1 is 1.11 bits per heavy atom. The van der Waals surface area contributed by atoms with Crippen LogP contribution >= 0.6 is 0 Å². The van der Waals surface area contributed by atoms with Gasteiger partial charge in [-0.2, -0.15) is 5.10 Å². The fraction of sp³-hybridized carbons (Fsp3) is 0.400. The van der Waals surface area contributed by atoms with Crippen molar-refractivity contribution in [3.8, 4) is 11.5 Å². The summed E-state index contributed by atoms with van der Waals surface area (Å²) in [5.41, 5.74) is -0.298. The molecule has 3 aromatic rings. The first-order valence-electron chi connectivity index (χ1n) is 11.5. The van der Waals surface area contributed by atoms with Crippen LogP contribution in [-0.2, 0) is 17.9 Å². The average Bonchev–Trinajstić information content (AvgIpc) is 3.28. The topological polar surface area (TPSA) is 93.0 Å². The van der Waals surface area contributed by atoms with E-state index in [0.29, 0.717) is 45.1 Å². The molecule has 1 unspecified atom stereocenters. The van der Waals surface area contributed by atoms with Crippen LogP contribution < -0.4 is 9.47 Å². The Labute approximate surface area is 203 Å². The van der Waals surface area contributed by atoms with Crippen LogP contribution in [0.15, 0.2) is 61.2 Å². The van der Waals surface area contributed by atoms with Crippen LogP contribution in [-0.4, -0.2) is 80.6 Å². The number of rotatable bonds is 9. The molecule has 9 nitrogen and oxygen atoms in total. The summed E-state index contributed by atoms with van der Waals surface area (Å²) in [5.74, 6) is 0.552. The number of halogens is 1. The van der Waals surface area contributed by atoms with Gasteiger partial charge in [0, 0.05) is 39.2 Å². The summed E-state index contributed by atoms with van der Waals surface area (Å²) in [6.07, 6.45) is 3.13. The van der Waals surface area contributed by atoms with Crippen LogP contribution in [0, 0.1) is 5.82 Å². The van der Waals surface area contributed by atoms with Crippen molar-refractivity contribution >= 4 is 5.91 Å². The van der Waals surface area contributed by atoms with Gasteiger partial charge in [0.1, 0.15) is 48.8 Å². The average molecular weight is 484 g/mol. The second kappa shape index (κ2) is 11.3. The molecule has 1 fully saturated rings. The Bertz CT molecular complexity index is 1110. The number of aromatic nitrogens is 3. The molecule has 1 N–H and O–H groups in total. The summed E-state index contributed by atoms with van der Waals surface area (Å²) in [6.45, 7) is 4.56. The Morgan fingerprint density at radius 3 is 2.66 bits per heavy atom. The normalized spacial score (nSPS) is 18.8. The third kappa shape index (κ3) is 7.24. The van der Waals surface area contributed by atoms with Gasteiger partial charge in [0.05, 0.1) is 13.1 Å². The maximum absolute atomic E-state index is 13.5. The predicted octanol–water partition coefficient (Wildman–Crippen LogP) is 1.97. The zero-order valence-electron chi connectivity index (χ0n) is 19.7. The number of hydrogen-bond acceptors (Lipinski definition) is 7. The minimum absolute atomic E-state index is 0.0673. The predicted molar refractivity (Wildman–Crippen MR) is 126 cm³/mol. The smallest absolute Gasteiger partial charge is 0.219 e. The van der Waals surface area contributed by atoms with Crippen molar-refractivity contribution in [1.82, 2.24) is 24.6 Å². The first-order chi connectivity index (χ1) is 16.9.